The average molecular weight is 421 g/mol. The van der Waals surface area contributed by atoms with E-state index < -0.39 is 35.3 Å². The van der Waals surface area contributed by atoms with E-state index in [1.54, 1.807) is 0 Å². The summed E-state index contributed by atoms with van der Waals surface area (Å²) in [6, 6.07) is 0.259. The lowest BCUT2D eigenvalue weighted by Crippen LogP contribution is -2.61. The number of ether oxygens (including phenoxy) is 1. The molecule has 1 saturated heterocycles. The van der Waals surface area contributed by atoms with Crippen molar-refractivity contribution >= 4 is 12.0 Å². The summed E-state index contributed by atoms with van der Waals surface area (Å²) in [4.78, 5) is 29.3. The summed E-state index contributed by atoms with van der Waals surface area (Å²) in [5.41, 5.74) is 5.30. The van der Waals surface area contributed by atoms with Gasteiger partial charge in [-0.2, -0.15) is 0 Å². The summed E-state index contributed by atoms with van der Waals surface area (Å²) in [7, 11) is 0. The van der Waals surface area contributed by atoms with Crippen LogP contribution < -0.4 is 10.5 Å². The Hall–Kier alpha value is -2.45. The van der Waals surface area contributed by atoms with Gasteiger partial charge in [0.2, 0.25) is 5.91 Å². The maximum Gasteiger partial charge on any atom is 0.407 e. The number of primary amides is 1. The number of halogens is 2. The van der Waals surface area contributed by atoms with E-state index in [-0.39, 0.29) is 36.1 Å². The molecule has 4 aliphatic carbocycles. The van der Waals surface area contributed by atoms with Crippen molar-refractivity contribution < 1.29 is 28.2 Å². The van der Waals surface area contributed by atoms with Crippen LogP contribution in [0.2, 0.25) is 0 Å². The number of nitrogens with two attached hydrogens (primary N) is 1. The monoisotopic (exact) mass is 421 g/mol. The van der Waals surface area contributed by atoms with Crippen molar-refractivity contribution in [2.24, 2.45) is 34.8 Å². The van der Waals surface area contributed by atoms with E-state index in [1.165, 1.54) is 4.90 Å². The lowest BCUT2D eigenvalue weighted by molar-refractivity contribution is -0.156. The van der Waals surface area contributed by atoms with E-state index in [9.17, 15) is 23.5 Å². The molecule has 4 bridgehead atoms. The number of hydrogen-bond acceptors (Lipinski definition) is 4. The number of hydrogen-bond donors (Lipinski definition) is 2. The number of amides is 2. The van der Waals surface area contributed by atoms with Crippen LogP contribution in [0.5, 0.6) is 5.88 Å². The standard InChI is InChI=1S/C21H25F2N3O4/c22-13-5-14(23)18(25-9-13)30-15-1-2-26(20(28)29)17(15)16-11-3-10-4-12(16)8-21(6-10,7-11)19(24)27/h5,9-12,15-17H,1-4,6-8H2,(H2,24,27)(H,28,29)/t10?,11-,12?,15-,16?,17?,21?/m0/s1. The maximum absolute atomic E-state index is 14.1. The summed E-state index contributed by atoms with van der Waals surface area (Å²) < 4.78 is 33.2. The third-order valence-corrected chi connectivity index (χ3v) is 7.94. The number of carbonyl (C=O) groups is 2. The minimum Gasteiger partial charge on any atom is -0.470 e. The number of carboxylic acid groups (broad SMARTS) is 1. The van der Waals surface area contributed by atoms with Crippen LogP contribution in [0.3, 0.4) is 0 Å². The first-order chi connectivity index (χ1) is 14.3. The highest BCUT2D eigenvalue weighted by Crippen LogP contribution is 2.63. The van der Waals surface area contributed by atoms with Crippen molar-refractivity contribution in [3.63, 3.8) is 0 Å². The topological polar surface area (TPSA) is 106 Å². The fraction of sp³-hybridized carbons (Fsp3) is 0.667. The number of likely N-dealkylation sites (tertiary alicyclic amines) is 1. The fourth-order valence-electron chi connectivity index (χ4n) is 7.15. The fourth-order valence-corrected chi connectivity index (χ4v) is 7.15. The Bertz CT molecular complexity index is 881. The minimum atomic E-state index is -1.03. The third kappa shape index (κ3) is 2.93. The molecule has 5 aliphatic rings. The first-order valence-corrected chi connectivity index (χ1v) is 10.5. The van der Waals surface area contributed by atoms with Gasteiger partial charge in [0.15, 0.2) is 5.82 Å². The van der Waals surface area contributed by atoms with Gasteiger partial charge in [-0.25, -0.2) is 18.6 Å². The highest BCUT2D eigenvalue weighted by molar-refractivity contribution is 5.81. The molecule has 162 valence electrons. The van der Waals surface area contributed by atoms with Gasteiger partial charge in [0, 0.05) is 24.4 Å². The van der Waals surface area contributed by atoms with Crippen LogP contribution >= 0.6 is 0 Å². The van der Waals surface area contributed by atoms with Crippen LogP contribution in [0.25, 0.3) is 0 Å². The normalized spacial score (nSPS) is 39.3. The molecule has 5 unspecified atom stereocenters. The molecule has 30 heavy (non-hydrogen) atoms. The lowest BCUT2D eigenvalue weighted by Gasteiger charge is -2.60. The van der Waals surface area contributed by atoms with E-state index in [4.69, 9.17) is 10.5 Å². The molecule has 4 saturated carbocycles. The van der Waals surface area contributed by atoms with Crippen LogP contribution in [0.15, 0.2) is 12.3 Å². The summed E-state index contributed by atoms with van der Waals surface area (Å²) in [5, 5.41) is 9.81. The van der Waals surface area contributed by atoms with Crippen molar-refractivity contribution in [2.45, 2.75) is 50.7 Å². The predicted octanol–water partition coefficient (Wildman–Crippen LogP) is 2.79. The van der Waals surface area contributed by atoms with Crippen molar-refractivity contribution in [1.82, 2.24) is 9.88 Å². The molecule has 1 aliphatic heterocycles. The van der Waals surface area contributed by atoms with Gasteiger partial charge in [-0.3, -0.25) is 4.79 Å². The number of pyridine rings is 1. The molecule has 5 fully saturated rings. The highest BCUT2D eigenvalue weighted by Gasteiger charge is 2.61. The molecule has 0 aromatic carbocycles. The van der Waals surface area contributed by atoms with Crippen molar-refractivity contribution in [1.29, 1.82) is 0 Å². The second-order valence-electron chi connectivity index (χ2n) is 9.54. The maximum atomic E-state index is 14.1. The first kappa shape index (κ1) is 19.5. The number of aromatic nitrogens is 1. The van der Waals surface area contributed by atoms with E-state index in [2.05, 4.69) is 4.98 Å². The number of nitrogens with zero attached hydrogens (tertiary/aromatic N) is 2. The first-order valence-electron chi connectivity index (χ1n) is 10.5. The molecule has 2 amide bonds. The van der Waals surface area contributed by atoms with Gasteiger partial charge in [-0.15, -0.1) is 0 Å². The second kappa shape index (κ2) is 6.78. The molecule has 1 aromatic rings. The zero-order valence-corrected chi connectivity index (χ0v) is 16.5. The van der Waals surface area contributed by atoms with E-state index in [1.807, 2.05) is 0 Å². The van der Waals surface area contributed by atoms with Gasteiger partial charge in [-0.05, 0) is 55.8 Å². The molecule has 7 atom stereocenters. The molecular weight excluding hydrogens is 396 g/mol. The lowest BCUT2D eigenvalue weighted by atomic mass is 9.44. The van der Waals surface area contributed by atoms with E-state index >= 15 is 0 Å². The highest BCUT2D eigenvalue weighted by atomic mass is 19.1. The zero-order valence-electron chi connectivity index (χ0n) is 16.5. The Balaban J connectivity index is 1.45. The van der Waals surface area contributed by atoms with Gasteiger partial charge >= 0.3 is 6.09 Å². The molecule has 0 spiro atoms. The molecule has 3 N–H and O–H groups in total. The Morgan fingerprint density at radius 1 is 1.23 bits per heavy atom. The Labute approximate surface area is 172 Å². The van der Waals surface area contributed by atoms with Crippen molar-refractivity contribution in [3.8, 4) is 5.88 Å². The van der Waals surface area contributed by atoms with Crippen LogP contribution in [-0.4, -0.2) is 45.7 Å². The van der Waals surface area contributed by atoms with E-state index in [0.29, 0.717) is 31.2 Å². The predicted molar refractivity (Wildman–Crippen MR) is 100 cm³/mol. The quantitative estimate of drug-likeness (QED) is 0.778. The van der Waals surface area contributed by atoms with Gasteiger partial charge in [0.1, 0.15) is 11.9 Å². The van der Waals surface area contributed by atoms with Crippen LogP contribution in [0.1, 0.15) is 38.5 Å². The van der Waals surface area contributed by atoms with Gasteiger partial charge in [0.25, 0.3) is 5.88 Å². The summed E-state index contributed by atoms with van der Waals surface area (Å²) in [6.07, 6.45) is 3.80. The van der Waals surface area contributed by atoms with Crippen LogP contribution in [-0.2, 0) is 4.79 Å². The molecule has 0 radical (unpaired) electrons. The Morgan fingerprint density at radius 3 is 2.53 bits per heavy atom. The van der Waals surface area contributed by atoms with Crippen LogP contribution in [0, 0.1) is 40.7 Å². The largest absolute Gasteiger partial charge is 0.470 e. The third-order valence-electron chi connectivity index (χ3n) is 7.94. The smallest absolute Gasteiger partial charge is 0.407 e. The molecule has 1 aromatic heterocycles. The second-order valence-corrected chi connectivity index (χ2v) is 9.54. The van der Waals surface area contributed by atoms with Crippen molar-refractivity contribution in [2.75, 3.05) is 6.54 Å². The SMILES string of the molecule is NC(=O)C12CC3CC(C1)C(C1[C@@H](Oc4ncc(F)cc4F)CCN1C(=O)O)[C@@H](C3)C2. The van der Waals surface area contributed by atoms with Gasteiger partial charge < -0.3 is 20.5 Å². The molecule has 7 nitrogen and oxygen atoms in total. The van der Waals surface area contributed by atoms with Gasteiger partial charge in [0.05, 0.1) is 12.2 Å². The molecule has 6 rings (SSSR count). The molecule has 9 heteroatoms. The number of rotatable bonds is 4. The summed E-state index contributed by atoms with van der Waals surface area (Å²) in [6.45, 7) is 0.286. The zero-order chi connectivity index (χ0) is 21.2. The van der Waals surface area contributed by atoms with Gasteiger partial charge in [-0.1, -0.05) is 0 Å². The average Bonchev–Trinajstić information content (AvgIpc) is 3.07. The van der Waals surface area contributed by atoms with E-state index in [0.717, 1.165) is 25.5 Å². The number of carbonyl (C=O) groups excluding carboxylic acids is 1. The molecular formula is C21H25F2N3O4. The summed E-state index contributed by atoms with van der Waals surface area (Å²) >= 11 is 0. The van der Waals surface area contributed by atoms with Crippen molar-refractivity contribution in [3.05, 3.63) is 23.9 Å². The molecule has 2 heterocycles. The Kier molecular flexibility index (Phi) is 4.41. The Morgan fingerprint density at radius 2 is 1.93 bits per heavy atom. The van der Waals surface area contributed by atoms with Crippen LogP contribution in [0.4, 0.5) is 13.6 Å². The minimum absolute atomic E-state index is 0.0288. The summed E-state index contributed by atoms with van der Waals surface area (Å²) in [5.74, 6) is -1.41.